The van der Waals surface area contributed by atoms with Crippen LogP contribution < -0.4 is 0 Å². The second-order valence-electron chi connectivity index (χ2n) is 2.74. The summed E-state index contributed by atoms with van der Waals surface area (Å²) in [5.41, 5.74) is 0.0930. The molecule has 0 spiro atoms. The molecule has 4 heteroatoms. The first-order chi connectivity index (χ1) is 5.18. The van der Waals surface area contributed by atoms with Gasteiger partial charge in [-0.1, -0.05) is 0 Å². The number of hydrogen-bond acceptors (Lipinski definition) is 4. The van der Waals surface area contributed by atoms with Crippen LogP contribution in [0.3, 0.4) is 0 Å². The average molecular weight is 194 g/mol. The molecule has 0 aromatic carbocycles. The van der Waals surface area contributed by atoms with E-state index in [4.69, 9.17) is 9.84 Å². The van der Waals surface area contributed by atoms with E-state index >= 15 is 0 Å². The Kier molecular flexibility index (Phi) is 4.06. The fraction of sp³-hybridized carbons (Fsp3) is 1.00. The first-order valence-corrected chi connectivity index (χ1v) is 5.85. The predicted octanol–water partition coefficient (Wildman–Crippen LogP) is 1.54. The van der Waals surface area contributed by atoms with Gasteiger partial charge in [-0.3, -0.25) is 0 Å². The molecule has 0 bridgehead atoms. The molecule has 0 amide bonds. The van der Waals surface area contributed by atoms with Crippen molar-refractivity contribution in [3.8, 4) is 0 Å². The molecule has 1 fully saturated rings. The van der Waals surface area contributed by atoms with Gasteiger partial charge in [0, 0.05) is 11.5 Å². The van der Waals surface area contributed by atoms with E-state index in [1.807, 2.05) is 13.8 Å². The zero-order chi connectivity index (χ0) is 8.27. The predicted molar refractivity (Wildman–Crippen MR) is 50.9 cm³/mol. The van der Waals surface area contributed by atoms with Crippen molar-refractivity contribution >= 4 is 23.5 Å². The summed E-state index contributed by atoms with van der Waals surface area (Å²) in [6.45, 7) is 4.08. The molecule has 1 aliphatic heterocycles. The minimum absolute atomic E-state index is 0.188. The number of aliphatic hydroxyl groups is 1. The van der Waals surface area contributed by atoms with Crippen LogP contribution in [-0.4, -0.2) is 33.6 Å². The Balaban J connectivity index is 2.17. The van der Waals surface area contributed by atoms with Crippen LogP contribution >= 0.6 is 23.5 Å². The van der Waals surface area contributed by atoms with Gasteiger partial charge in [0.15, 0.2) is 0 Å². The van der Waals surface area contributed by atoms with E-state index in [0.717, 1.165) is 11.5 Å². The standard InChI is InChI=1S/C7H14O2S2/c1-5(2)9-7-4-10-6(8)3-11-7/h5-8H,3-4H2,1-2H3. The average Bonchev–Trinajstić information content (AvgIpc) is 1.93. The van der Waals surface area contributed by atoms with E-state index in [-0.39, 0.29) is 10.9 Å². The van der Waals surface area contributed by atoms with Crippen LogP contribution in [0.1, 0.15) is 13.8 Å². The number of hydrogen-bond donors (Lipinski definition) is 1. The molecule has 1 rings (SSSR count). The molecule has 2 atom stereocenters. The van der Waals surface area contributed by atoms with Crippen LogP contribution in [0, 0.1) is 0 Å². The van der Waals surface area contributed by atoms with E-state index in [1.54, 1.807) is 23.5 Å². The normalized spacial score (nSPS) is 32.7. The second-order valence-corrected chi connectivity index (χ2v) is 5.14. The number of rotatable bonds is 2. The third-order valence-corrected chi connectivity index (χ3v) is 3.90. The molecule has 1 heterocycles. The fourth-order valence-corrected chi connectivity index (χ4v) is 3.24. The molecular weight excluding hydrogens is 180 g/mol. The third kappa shape index (κ3) is 3.69. The van der Waals surface area contributed by atoms with Gasteiger partial charge in [-0.2, -0.15) is 0 Å². The highest BCUT2D eigenvalue weighted by Gasteiger charge is 2.21. The van der Waals surface area contributed by atoms with Crippen LogP contribution in [-0.2, 0) is 4.74 Å². The smallest absolute Gasteiger partial charge is 0.112 e. The first kappa shape index (κ1) is 9.71. The molecule has 1 aliphatic rings. The topological polar surface area (TPSA) is 29.5 Å². The third-order valence-electron chi connectivity index (χ3n) is 1.27. The van der Waals surface area contributed by atoms with Gasteiger partial charge in [0.25, 0.3) is 0 Å². The van der Waals surface area contributed by atoms with Crippen molar-refractivity contribution in [3.63, 3.8) is 0 Å². The van der Waals surface area contributed by atoms with Crippen LogP contribution in [0.5, 0.6) is 0 Å². The van der Waals surface area contributed by atoms with Gasteiger partial charge in [-0.25, -0.2) is 0 Å². The van der Waals surface area contributed by atoms with Crippen molar-refractivity contribution in [2.45, 2.75) is 30.8 Å². The maximum Gasteiger partial charge on any atom is 0.112 e. The molecular formula is C7H14O2S2. The van der Waals surface area contributed by atoms with Crippen molar-refractivity contribution in [1.82, 2.24) is 0 Å². The van der Waals surface area contributed by atoms with Crippen LogP contribution in [0.15, 0.2) is 0 Å². The van der Waals surface area contributed by atoms with Gasteiger partial charge < -0.3 is 9.84 Å². The highest BCUT2D eigenvalue weighted by Crippen LogP contribution is 2.29. The molecule has 2 unspecified atom stereocenters. The first-order valence-electron chi connectivity index (χ1n) is 3.75. The largest absolute Gasteiger partial charge is 0.382 e. The molecule has 1 saturated heterocycles. The second kappa shape index (κ2) is 4.60. The van der Waals surface area contributed by atoms with E-state index in [1.165, 1.54) is 0 Å². The van der Waals surface area contributed by atoms with Gasteiger partial charge in [-0.05, 0) is 13.8 Å². The Morgan fingerprint density at radius 1 is 1.36 bits per heavy atom. The fourth-order valence-electron chi connectivity index (χ4n) is 0.858. The maximum absolute atomic E-state index is 9.15. The molecule has 0 radical (unpaired) electrons. The molecule has 2 nitrogen and oxygen atoms in total. The van der Waals surface area contributed by atoms with E-state index in [9.17, 15) is 0 Å². The molecule has 0 aromatic rings. The van der Waals surface area contributed by atoms with Gasteiger partial charge >= 0.3 is 0 Å². The van der Waals surface area contributed by atoms with Crippen LogP contribution in [0.2, 0.25) is 0 Å². The Labute approximate surface area is 76.1 Å². The summed E-state index contributed by atoms with van der Waals surface area (Å²) >= 11 is 3.28. The van der Waals surface area contributed by atoms with Gasteiger partial charge in [0.05, 0.1) is 6.10 Å². The Morgan fingerprint density at radius 2 is 2.09 bits per heavy atom. The maximum atomic E-state index is 9.15. The zero-order valence-electron chi connectivity index (χ0n) is 6.82. The Morgan fingerprint density at radius 3 is 2.55 bits per heavy atom. The lowest BCUT2D eigenvalue weighted by atomic mass is 10.5. The molecule has 0 aliphatic carbocycles. The summed E-state index contributed by atoms with van der Waals surface area (Å²) in [6.07, 6.45) is 0.295. The van der Waals surface area contributed by atoms with Gasteiger partial charge in [0.1, 0.15) is 10.9 Å². The number of ether oxygens (including phenoxy) is 1. The lowest BCUT2D eigenvalue weighted by Crippen LogP contribution is -2.25. The highest BCUT2D eigenvalue weighted by molar-refractivity contribution is 8.06. The van der Waals surface area contributed by atoms with Crippen molar-refractivity contribution in [2.75, 3.05) is 11.5 Å². The summed E-state index contributed by atoms with van der Waals surface area (Å²) in [5.74, 6) is 1.70. The zero-order valence-corrected chi connectivity index (χ0v) is 8.45. The van der Waals surface area contributed by atoms with Gasteiger partial charge in [0.2, 0.25) is 0 Å². The summed E-state index contributed by atoms with van der Waals surface area (Å²) in [6, 6.07) is 0. The monoisotopic (exact) mass is 194 g/mol. The molecule has 11 heavy (non-hydrogen) atoms. The molecule has 66 valence electrons. The van der Waals surface area contributed by atoms with E-state index in [2.05, 4.69) is 0 Å². The minimum Gasteiger partial charge on any atom is -0.382 e. The SMILES string of the molecule is CC(C)OC1CSC(O)CS1. The number of aliphatic hydroxyl groups excluding tert-OH is 1. The van der Waals surface area contributed by atoms with Gasteiger partial charge in [-0.15, -0.1) is 23.5 Å². The highest BCUT2D eigenvalue weighted by atomic mass is 32.2. The van der Waals surface area contributed by atoms with Crippen molar-refractivity contribution in [1.29, 1.82) is 0 Å². The number of thioether (sulfide) groups is 2. The van der Waals surface area contributed by atoms with Crippen LogP contribution in [0.25, 0.3) is 0 Å². The lowest BCUT2D eigenvalue weighted by molar-refractivity contribution is 0.0700. The molecule has 1 N–H and O–H groups in total. The van der Waals surface area contributed by atoms with Crippen molar-refractivity contribution in [3.05, 3.63) is 0 Å². The van der Waals surface area contributed by atoms with E-state index < -0.39 is 0 Å². The lowest BCUT2D eigenvalue weighted by Gasteiger charge is -2.26. The summed E-state index contributed by atoms with van der Waals surface area (Å²) in [4.78, 5) is 0. The van der Waals surface area contributed by atoms with Crippen LogP contribution in [0.4, 0.5) is 0 Å². The quantitative estimate of drug-likeness (QED) is 0.722. The summed E-state index contributed by atoms with van der Waals surface area (Å²) < 4.78 is 5.57. The molecule has 0 aromatic heterocycles. The summed E-state index contributed by atoms with van der Waals surface area (Å²) in [5, 5.41) is 9.15. The van der Waals surface area contributed by atoms with Crippen molar-refractivity contribution < 1.29 is 9.84 Å². The van der Waals surface area contributed by atoms with Crippen molar-refractivity contribution in [2.24, 2.45) is 0 Å². The Hall–Kier alpha value is 0.620. The Bertz CT molecular complexity index is 111. The summed E-state index contributed by atoms with van der Waals surface area (Å²) in [7, 11) is 0. The van der Waals surface area contributed by atoms with E-state index in [0.29, 0.717) is 6.10 Å². The molecule has 0 saturated carbocycles. The minimum atomic E-state index is -0.188.